The van der Waals surface area contributed by atoms with Crippen molar-refractivity contribution in [3.63, 3.8) is 0 Å². The van der Waals surface area contributed by atoms with Crippen LogP contribution in [0.3, 0.4) is 0 Å². The fraction of sp³-hybridized carbons (Fsp3) is 0.312. The van der Waals surface area contributed by atoms with E-state index in [-0.39, 0.29) is 31.9 Å². The molecule has 0 unspecified atom stereocenters. The first-order chi connectivity index (χ1) is 19.9. The predicted molar refractivity (Wildman–Crippen MR) is 152 cm³/mol. The molecule has 2 atom stereocenters. The number of hydrogen-bond donors (Lipinski definition) is 3. The molecule has 2 aliphatic rings. The number of alkyl carbamates (subject to hydrolysis) is 1. The zero-order chi connectivity index (χ0) is 28.8. The summed E-state index contributed by atoms with van der Waals surface area (Å²) in [5.74, 6) is -1.96. The Morgan fingerprint density at radius 3 is 2.20 bits per heavy atom. The maximum atomic E-state index is 13.3. The second-order valence-electron chi connectivity index (χ2n) is 10.3. The largest absolute Gasteiger partial charge is 0.480 e. The van der Waals surface area contributed by atoms with Crippen molar-refractivity contribution in [2.24, 2.45) is 0 Å². The molecule has 41 heavy (non-hydrogen) atoms. The van der Waals surface area contributed by atoms with E-state index in [1.54, 1.807) is 0 Å². The number of benzene rings is 3. The fourth-order valence-corrected chi connectivity index (χ4v) is 5.73. The van der Waals surface area contributed by atoms with E-state index in [0.29, 0.717) is 19.4 Å². The maximum Gasteiger partial charge on any atom is 0.407 e. The quantitative estimate of drug-likeness (QED) is 0.350. The van der Waals surface area contributed by atoms with Crippen LogP contribution in [0.25, 0.3) is 11.1 Å². The van der Waals surface area contributed by atoms with Crippen LogP contribution in [-0.2, 0) is 25.5 Å². The molecule has 1 aliphatic carbocycles. The average molecular weight is 556 g/mol. The number of rotatable bonds is 10. The van der Waals surface area contributed by atoms with E-state index < -0.39 is 36.0 Å². The molecule has 9 nitrogen and oxygen atoms in total. The van der Waals surface area contributed by atoms with E-state index in [1.165, 1.54) is 4.90 Å². The van der Waals surface area contributed by atoms with E-state index in [1.807, 2.05) is 66.7 Å². The molecule has 0 bridgehead atoms. The van der Waals surface area contributed by atoms with Gasteiger partial charge >= 0.3 is 12.1 Å². The predicted octanol–water partition coefficient (Wildman–Crippen LogP) is 3.72. The average Bonchev–Trinajstić information content (AvgIpc) is 3.60. The Hall–Kier alpha value is -4.66. The zero-order valence-electron chi connectivity index (χ0n) is 22.6. The minimum atomic E-state index is -1.05. The summed E-state index contributed by atoms with van der Waals surface area (Å²) >= 11 is 0. The first kappa shape index (κ1) is 27.9. The second kappa shape index (κ2) is 12.7. The zero-order valence-corrected chi connectivity index (χ0v) is 22.6. The number of nitrogens with zero attached hydrogens (tertiary/aromatic N) is 1. The fourth-order valence-electron chi connectivity index (χ4n) is 5.73. The number of nitrogens with one attached hydrogen (secondary N) is 2. The van der Waals surface area contributed by atoms with Gasteiger partial charge in [-0.3, -0.25) is 9.59 Å². The molecule has 0 spiro atoms. The van der Waals surface area contributed by atoms with Crippen LogP contribution in [0.2, 0.25) is 0 Å². The molecule has 5 rings (SSSR count). The Bertz CT molecular complexity index is 1380. The third-order valence-electron chi connectivity index (χ3n) is 7.70. The SMILES string of the molecule is O=C(CCNC(=O)OCC1c2ccccc2-c2ccccc21)N[C@@H](Cc1ccccc1)C(=O)N1CCC[C@H]1C(=O)O. The molecule has 3 N–H and O–H groups in total. The lowest BCUT2D eigenvalue weighted by Crippen LogP contribution is -2.52. The van der Waals surface area contributed by atoms with Crippen LogP contribution in [-0.4, -0.2) is 65.7 Å². The van der Waals surface area contributed by atoms with Crippen LogP contribution in [0.5, 0.6) is 0 Å². The Morgan fingerprint density at radius 2 is 1.54 bits per heavy atom. The Labute approximate surface area is 238 Å². The second-order valence-corrected chi connectivity index (χ2v) is 10.3. The number of carbonyl (C=O) groups is 4. The summed E-state index contributed by atoms with van der Waals surface area (Å²) in [6.07, 6.45) is 0.521. The Morgan fingerprint density at radius 1 is 0.902 bits per heavy atom. The van der Waals surface area contributed by atoms with Crippen LogP contribution in [0.1, 0.15) is 41.9 Å². The third-order valence-corrected chi connectivity index (χ3v) is 7.70. The molecule has 3 aromatic carbocycles. The summed E-state index contributed by atoms with van der Waals surface area (Å²) < 4.78 is 5.52. The summed E-state index contributed by atoms with van der Waals surface area (Å²) in [6.45, 7) is 0.525. The van der Waals surface area contributed by atoms with Gasteiger partial charge in [-0.25, -0.2) is 9.59 Å². The highest BCUT2D eigenvalue weighted by Gasteiger charge is 2.37. The van der Waals surface area contributed by atoms with Gasteiger partial charge in [0.15, 0.2) is 0 Å². The van der Waals surface area contributed by atoms with Crippen molar-refractivity contribution in [1.82, 2.24) is 15.5 Å². The molecule has 1 aliphatic heterocycles. The minimum absolute atomic E-state index is 0.0240. The van der Waals surface area contributed by atoms with Crippen LogP contribution in [0, 0.1) is 0 Å². The molecule has 212 valence electrons. The molecule has 0 radical (unpaired) electrons. The van der Waals surface area contributed by atoms with E-state index >= 15 is 0 Å². The molecule has 3 amide bonds. The van der Waals surface area contributed by atoms with Crippen molar-refractivity contribution in [1.29, 1.82) is 0 Å². The van der Waals surface area contributed by atoms with Crippen molar-refractivity contribution >= 4 is 23.9 Å². The smallest absolute Gasteiger partial charge is 0.407 e. The van der Waals surface area contributed by atoms with Gasteiger partial charge < -0.3 is 25.4 Å². The summed E-state index contributed by atoms with van der Waals surface area (Å²) in [7, 11) is 0. The van der Waals surface area contributed by atoms with Crippen molar-refractivity contribution in [3.05, 3.63) is 95.6 Å². The van der Waals surface area contributed by atoms with Gasteiger partial charge in [-0.2, -0.15) is 0 Å². The molecule has 1 saturated heterocycles. The number of likely N-dealkylation sites (tertiary alicyclic amines) is 1. The van der Waals surface area contributed by atoms with Crippen LogP contribution < -0.4 is 10.6 Å². The summed E-state index contributed by atoms with van der Waals surface area (Å²) in [5, 5.41) is 14.9. The number of carboxylic acid groups (broad SMARTS) is 1. The lowest BCUT2D eigenvalue weighted by molar-refractivity contribution is -0.149. The van der Waals surface area contributed by atoms with Crippen molar-refractivity contribution in [2.45, 2.75) is 43.7 Å². The number of carbonyl (C=O) groups excluding carboxylic acids is 3. The van der Waals surface area contributed by atoms with Gasteiger partial charge in [0.25, 0.3) is 0 Å². The summed E-state index contributed by atoms with van der Waals surface area (Å²) in [6, 6.07) is 23.6. The number of carboxylic acids is 1. The van der Waals surface area contributed by atoms with Crippen LogP contribution in [0.15, 0.2) is 78.9 Å². The Balaban J connectivity index is 1.14. The molecule has 1 fully saturated rings. The lowest BCUT2D eigenvalue weighted by Gasteiger charge is -2.27. The number of aliphatic carboxylic acids is 1. The number of ether oxygens (including phenoxy) is 1. The van der Waals surface area contributed by atoms with Gasteiger partial charge in [0.2, 0.25) is 11.8 Å². The highest BCUT2D eigenvalue weighted by atomic mass is 16.5. The van der Waals surface area contributed by atoms with Crippen molar-refractivity contribution in [3.8, 4) is 11.1 Å². The van der Waals surface area contributed by atoms with Gasteiger partial charge in [-0.15, -0.1) is 0 Å². The minimum Gasteiger partial charge on any atom is -0.480 e. The summed E-state index contributed by atoms with van der Waals surface area (Å²) in [4.78, 5) is 51.6. The highest BCUT2D eigenvalue weighted by molar-refractivity contribution is 5.91. The lowest BCUT2D eigenvalue weighted by atomic mass is 9.98. The molecule has 0 aromatic heterocycles. The van der Waals surface area contributed by atoms with Crippen molar-refractivity contribution in [2.75, 3.05) is 19.7 Å². The van der Waals surface area contributed by atoms with Gasteiger partial charge in [-0.1, -0.05) is 78.9 Å². The molecule has 3 aromatic rings. The number of hydrogen-bond acceptors (Lipinski definition) is 5. The number of amides is 3. The number of fused-ring (bicyclic) bond motifs is 3. The molecular formula is C32H33N3O6. The molecule has 0 saturated carbocycles. The van der Waals surface area contributed by atoms with E-state index in [2.05, 4.69) is 22.8 Å². The van der Waals surface area contributed by atoms with Crippen LogP contribution >= 0.6 is 0 Å². The van der Waals surface area contributed by atoms with Crippen LogP contribution in [0.4, 0.5) is 4.79 Å². The highest BCUT2D eigenvalue weighted by Crippen LogP contribution is 2.44. The van der Waals surface area contributed by atoms with E-state index in [4.69, 9.17) is 4.74 Å². The monoisotopic (exact) mass is 555 g/mol. The van der Waals surface area contributed by atoms with Gasteiger partial charge in [0, 0.05) is 31.8 Å². The van der Waals surface area contributed by atoms with E-state index in [9.17, 15) is 24.3 Å². The third kappa shape index (κ3) is 6.40. The standard InChI is InChI=1S/C32H33N3O6/c36-29(34-27(19-21-9-2-1-3-10-21)30(37)35-18-8-15-28(35)31(38)39)16-17-33-32(40)41-20-26-24-13-6-4-11-22(24)23-12-5-7-14-25(23)26/h1-7,9-14,26-28H,8,15-20H2,(H,33,40)(H,34,36)(H,38,39)/t27-,28-/m0/s1. The van der Waals surface area contributed by atoms with Gasteiger partial charge in [0.05, 0.1) is 0 Å². The van der Waals surface area contributed by atoms with Gasteiger partial charge in [-0.05, 0) is 40.7 Å². The molecule has 1 heterocycles. The Kier molecular flexibility index (Phi) is 8.62. The van der Waals surface area contributed by atoms with Crippen molar-refractivity contribution < 1.29 is 29.0 Å². The molecular weight excluding hydrogens is 522 g/mol. The normalized spacial score (nSPS) is 16.4. The first-order valence-electron chi connectivity index (χ1n) is 13.9. The van der Waals surface area contributed by atoms with Gasteiger partial charge in [0.1, 0.15) is 18.7 Å². The first-order valence-corrected chi connectivity index (χ1v) is 13.9. The van der Waals surface area contributed by atoms with E-state index in [0.717, 1.165) is 27.8 Å². The topological polar surface area (TPSA) is 125 Å². The summed E-state index contributed by atoms with van der Waals surface area (Å²) in [5.41, 5.74) is 5.33. The molecule has 9 heteroatoms. The maximum absolute atomic E-state index is 13.3.